The summed E-state index contributed by atoms with van der Waals surface area (Å²) in [6, 6.07) is 17.9. The van der Waals surface area contributed by atoms with Crippen LogP contribution in [0, 0.1) is 0 Å². The summed E-state index contributed by atoms with van der Waals surface area (Å²) in [5.41, 5.74) is 1.89. The maximum atomic E-state index is 13.0. The fourth-order valence-corrected chi connectivity index (χ4v) is 4.40. The molecule has 3 aromatic rings. The summed E-state index contributed by atoms with van der Waals surface area (Å²) in [7, 11) is 0. The molecule has 1 unspecified atom stereocenters. The maximum absolute atomic E-state index is 13.0. The molecule has 0 saturated carbocycles. The SMILES string of the molecule is O=C(NCCCCC(NC(=O)c1coc(C2CCNCC2)n1)C(=O)OCc1ccccc1)OCc1ccccc1. The van der Waals surface area contributed by atoms with Crippen LogP contribution >= 0.6 is 0 Å². The minimum Gasteiger partial charge on any atom is -0.459 e. The monoisotopic (exact) mass is 548 g/mol. The van der Waals surface area contributed by atoms with Gasteiger partial charge in [-0.3, -0.25) is 4.79 Å². The number of esters is 1. The van der Waals surface area contributed by atoms with Crippen molar-refractivity contribution in [3.05, 3.63) is 89.6 Å². The van der Waals surface area contributed by atoms with Gasteiger partial charge in [0.15, 0.2) is 11.6 Å². The van der Waals surface area contributed by atoms with Crippen molar-refractivity contribution in [2.45, 2.75) is 57.3 Å². The van der Waals surface area contributed by atoms with Crippen molar-refractivity contribution >= 4 is 18.0 Å². The number of nitrogens with one attached hydrogen (secondary N) is 3. The van der Waals surface area contributed by atoms with Crippen molar-refractivity contribution < 1.29 is 28.3 Å². The van der Waals surface area contributed by atoms with E-state index in [1.807, 2.05) is 60.7 Å². The lowest BCUT2D eigenvalue weighted by Crippen LogP contribution is -2.42. The summed E-state index contributed by atoms with van der Waals surface area (Å²) in [5, 5.41) is 8.77. The van der Waals surface area contributed by atoms with Crippen molar-refractivity contribution in [2.75, 3.05) is 19.6 Å². The third kappa shape index (κ3) is 9.23. The van der Waals surface area contributed by atoms with Crippen molar-refractivity contribution in [1.82, 2.24) is 20.9 Å². The topological polar surface area (TPSA) is 132 Å². The number of hydrogen-bond donors (Lipinski definition) is 3. The van der Waals surface area contributed by atoms with Gasteiger partial charge in [-0.1, -0.05) is 60.7 Å². The molecule has 212 valence electrons. The highest BCUT2D eigenvalue weighted by atomic mass is 16.5. The predicted octanol–water partition coefficient (Wildman–Crippen LogP) is 4.08. The van der Waals surface area contributed by atoms with E-state index >= 15 is 0 Å². The number of benzene rings is 2. The minimum absolute atomic E-state index is 0.102. The van der Waals surface area contributed by atoms with E-state index in [0.717, 1.165) is 37.1 Å². The lowest BCUT2D eigenvalue weighted by atomic mass is 9.98. The Morgan fingerprint density at radius 1 is 0.925 bits per heavy atom. The van der Waals surface area contributed by atoms with Crippen LogP contribution in [0.25, 0.3) is 0 Å². The van der Waals surface area contributed by atoms with E-state index in [-0.39, 0.29) is 24.8 Å². The van der Waals surface area contributed by atoms with Gasteiger partial charge in [-0.05, 0) is 56.3 Å². The molecule has 10 heteroatoms. The van der Waals surface area contributed by atoms with Crippen LogP contribution in [0.4, 0.5) is 4.79 Å². The number of piperidine rings is 1. The number of carbonyl (C=O) groups is 3. The van der Waals surface area contributed by atoms with Crippen LogP contribution < -0.4 is 16.0 Å². The normalized spacial score (nSPS) is 14.2. The second-order valence-electron chi connectivity index (χ2n) is 9.70. The van der Waals surface area contributed by atoms with E-state index < -0.39 is 24.0 Å². The highest BCUT2D eigenvalue weighted by molar-refractivity contribution is 5.94. The Labute approximate surface area is 233 Å². The number of aromatic nitrogens is 1. The quantitative estimate of drug-likeness (QED) is 0.215. The molecule has 2 aromatic carbocycles. The zero-order valence-electron chi connectivity index (χ0n) is 22.5. The number of carbonyl (C=O) groups excluding carboxylic acids is 3. The third-order valence-electron chi connectivity index (χ3n) is 6.66. The van der Waals surface area contributed by atoms with E-state index in [0.29, 0.717) is 31.7 Å². The molecule has 1 aliphatic rings. The van der Waals surface area contributed by atoms with Gasteiger partial charge in [-0.15, -0.1) is 0 Å². The first-order valence-corrected chi connectivity index (χ1v) is 13.7. The third-order valence-corrected chi connectivity index (χ3v) is 6.66. The van der Waals surface area contributed by atoms with Gasteiger partial charge < -0.3 is 29.8 Å². The number of unbranched alkanes of at least 4 members (excludes halogenated alkanes) is 1. The van der Waals surface area contributed by atoms with E-state index in [9.17, 15) is 14.4 Å². The van der Waals surface area contributed by atoms with Crippen molar-refractivity contribution in [3.63, 3.8) is 0 Å². The molecular formula is C30H36N4O6. The molecular weight excluding hydrogens is 512 g/mol. The first-order chi connectivity index (χ1) is 19.6. The first kappa shape index (κ1) is 28.8. The predicted molar refractivity (Wildman–Crippen MR) is 147 cm³/mol. The average molecular weight is 549 g/mol. The largest absolute Gasteiger partial charge is 0.459 e. The number of nitrogens with zero attached hydrogens (tertiary/aromatic N) is 1. The smallest absolute Gasteiger partial charge is 0.407 e. The van der Waals surface area contributed by atoms with Crippen molar-refractivity contribution in [3.8, 4) is 0 Å². The molecule has 2 amide bonds. The zero-order valence-corrected chi connectivity index (χ0v) is 22.5. The van der Waals surface area contributed by atoms with E-state index in [1.54, 1.807) is 0 Å². The van der Waals surface area contributed by atoms with E-state index in [4.69, 9.17) is 13.9 Å². The second-order valence-corrected chi connectivity index (χ2v) is 9.70. The fourth-order valence-electron chi connectivity index (χ4n) is 4.40. The van der Waals surface area contributed by atoms with Gasteiger partial charge in [0.25, 0.3) is 5.91 Å². The van der Waals surface area contributed by atoms with Gasteiger partial charge in [0.05, 0.1) is 0 Å². The lowest BCUT2D eigenvalue weighted by Gasteiger charge is -2.19. The Balaban J connectivity index is 1.26. The van der Waals surface area contributed by atoms with Gasteiger partial charge in [0.2, 0.25) is 0 Å². The molecule has 2 heterocycles. The molecule has 40 heavy (non-hydrogen) atoms. The van der Waals surface area contributed by atoms with Crippen LogP contribution in [0.15, 0.2) is 71.3 Å². The van der Waals surface area contributed by atoms with Crippen LogP contribution in [0.1, 0.15) is 65.5 Å². The van der Waals surface area contributed by atoms with E-state index in [2.05, 4.69) is 20.9 Å². The molecule has 3 N–H and O–H groups in total. The Morgan fingerprint density at radius 2 is 1.57 bits per heavy atom. The molecule has 1 atom stereocenters. The highest BCUT2D eigenvalue weighted by Crippen LogP contribution is 2.24. The molecule has 4 rings (SSSR count). The minimum atomic E-state index is -0.875. The Bertz CT molecular complexity index is 1210. The van der Waals surface area contributed by atoms with Crippen molar-refractivity contribution in [1.29, 1.82) is 0 Å². The number of amides is 2. The van der Waals surface area contributed by atoms with Gasteiger partial charge >= 0.3 is 12.1 Å². The first-order valence-electron chi connectivity index (χ1n) is 13.7. The summed E-state index contributed by atoms with van der Waals surface area (Å²) < 4.78 is 16.3. The van der Waals surface area contributed by atoms with Crippen LogP contribution in [0.5, 0.6) is 0 Å². The fraction of sp³-hybridized carbons (Fsp3) is 0.400. The van der Waals surface area contributed by atoms with Crippen LogP contribution in [-0.4, -0.2) is 48.6 Å². The summed E-state index contributed by atoms with van der Waals surface area (Å²) >= 11 is 0. The van der Waals surface area contributed by atoms with Gasteiger partial charge in [0.1, 0.15) is 25.5 Å². The molecule has 1 fully saturated rings. The van der Waals surface area contributed by atoms with Crippen LogP contribution in [-0.2, 0) is 27.5 Å². The summed E-state index contributed by atoms with van der Waals surface area (Å²) in [6.45, 7) is 2.42. The van der Waals surface area contributed by atoms with Crippen LogP contribution in [0.2, 0.25) is 0 Å². The Morgan fingerprint density at radius 3 is 2.25 bits per heavy atom. The number of ether oxygens (including phenoxy) is 2. The number of rotatable bonds is 13. The standard InChI is InChI=1S/C30H36N4O6/c35-27(26-21-38-28(34-26)24-14-17-31-18-15-24)33-25(29(36)39-19-22-9-3-1-4-10-22)13-7-8-16-32-30(37)40-20-23-11-5-2-6-12-23/h1-6,9-12,21,24-25,31H,7-8,13-20H2,(H,32,37)(H,33,35). The molecule has 0 aliphatic carbocycles. The molecule has 0 spiro atoms. The van der Waals surface area contributed by atoms with Gasteiger partial charge in [-0.2, -0.15) is 0 Å². The molecule has 0 radical (unpaired) electrons. The maximum Gasteiger partial charge on any atom is 0.407 e. The average Bonchev–Trinajstić information content (AvgIpc) is 3.50. The number of alkyl carbamates (subject to hydrolysis) is 1. The molecule has 1 aromatic heterocycles. The van der Waals surface area contributed by atoms with E-state index in [1.165, 1.54) is 6.26 Å². The number of oxazole rings is 1. The Kier molecular flexibility index (Phi) is 11.1. The summed E-state index contributed by atoms with van der Waals surface area (Å²) in [6.07, 6.45) is 4.09. The van der Waals surface area contributed by atoms with Crippen LogP contribution in [0.3, 0.4) is 0 Å². The zero-order chi connectivity index (χ0) is 28.0. The highest BCUT2D eigenvalue weighted by Gasteiger charge is 2.26. The second kappa shape index (κ2) is 15.4. The number of hydrogen-bond acceptors (Lipinski definition) is 8. The molecule has 10 nitrogen and oxygen atoms in total. The van der Waals surface area contributed by atoms with Crippen molar-refractivity contribution in [2.24, 2.45) is 0 Å². The van der Waals surface area contributed by atoms with Gasteiger partial charge in [0, 0.05) is 12.5 Å². The Hall–Kier alpha value is -4.18. The lowest BCUT2D eigenvalue weighted by molar-refractivity contribution is -0.147. The molecule has 1 aliphatic heterocycles. The summed E-state index contributed by atoms with van der Waals surface area (Å²) in [4.78, 5) is 42.3. The molecule has 1 saturated heterocycles. The summed E-state index contributed by atoms with van der Waals surface area (Å²) in [5.74, 6) is -0.316. The van der Waals surface area contributed by atoms with Gasteiger partial charge in [-0.25, -0.2) is 14.6 Å². The molecule has 0 bridgehead atoms.